The molecular formula is C10H12ClNO2. The van der Waals surface area contributed by atoms with Crippen molar-refractivity contribution in [2.45, 2.75) is 12.8 Å². The summed E-state index contributed by atoms with van der Waals surface area (Å²) in [7, 11) is 1.57. The van der Waals surface area contributed by atoms with Crippen LogP contribution in [-0.2, 0) is 10.7 Å². The molecule has 0 atom stereocenters. The van der Waals surface area contributed by atoms with E-state index in [2.05, 4.69) is 5.32 Å². The van der Waals surface area contributed by atoms with E-state index in [1.54, 1.807) is 13.2 Å². The van der Waals surface area contributed by atoms with Gasteiger partial charge in [-0.25, -0.2) is 0 Å². The van der Waals surface area contributed by atoms with Crippen molar-refractivity contribution < 1.29 is 9.53 Å². The molecule has 0 fully saturated rings. The lowest BCUT2D eigenvalue weighted by atomic mass is 10.2. The Morgan fingerprint density at radius 2 is 2.21 bits per heavy atom. The molecule has 0 saturated carbocycles. The Hall–Kier alpha value is -1.22. The van der Waals surface area contributed by atoms with Gasteiger partial charge < -0.3 is 10.1 Å². The lowest BCUT2D eigenvalue weighted by Gasteiger charge is -2.07. The van der Waals surface area contributed by atoms with Crippen LogP contribution in [-0.4, -0.2) is 13.0 Å². The van der Waals surface area contributed by atoms with Crippen LogP contribution in [0.2, 0.25) is 0 Å². The fourth-order valence-electron chi connectivity index (χ4n) is 1.13. The molecule has 14 heavy (non-hydrogen) atoms. The van der Waals surface area contributed by atoms with Crippen molar-refractivity contribution >= 4 is 23.2 Å². The number of nitrogens with one attached hydrogen (secondary N) is 1. The number of benzene rings is 1. The smallest absolute Gasteiger partial charge is 0.221 e. The zero-order chi connectivity index (χ0) is 10.6. The third-order valence-corrected chi connectivity index (χ3v) is 1.99. The van der Waals surface area contributed by atoms with E-state index in [0.29, 0.717) is 17.3 Å². The van der Waals surface area contributed by atoms with E-state index in [4.69, 9.17) is 16.3 Å². The van der Waals surface area contributed by atoms with Gasteiger partial charge in [0.2, 0.25) is 5.91 Å². The molecule has 76 valence electrons. The summed E-state index contributed by atoms with van der Waals surface area (Å²) in [5.74, 6) is 0.967. The van der Waals surface area contributed by atoms with Crippen LogP contribution in [0.5, 0.6) is 5.75 Å². The molecule has 3 nitrogen and oxygen atoms in total. The van der Waals surface area contributed by atoms with Gasteiger partial charge in [0.1, 0.15) is 5.75 Å². The van der Waals surface area contributed by atoms with Crippen LogP contribution in [0.3, 0.4) is 0 Å². The zero-order valence-corrected chi connectivity index (χ0v) is 8.89. The molecule has 0 saturated heterocycles. The fraction of sp³-hybridized carbons (Fsp3) is 0.300. The van der Waals surface area contributed by atoms with Gasteiger partial charge in [0.15, 0.2) is 0 Å². The fourth-order valence-corrected chi connectivity index (χ4v) is 1.29. The summed E-state index contributed by atoms with van der Waals surface area (Å²) in [6.45, 7) is 1.46. The first kappa shape index (κ1) is 10.9. The molecule has 0 radical (unpaired) electrons. The molecule has 0 aliphatic rings. The Kier molecular flexibility index (Phi) is 3.77. The molecule has 0 aliphatic carbocycles. The molecule has 0 aromatic heterocycles. The van der Waals surface area contributed by atoms with Gasteiger partial charge in [0.25, 0.3) is 0 Å². The standard InChI is InChI=1S/C10H12ClNO2/c1-7(13)12-9-3-8(6-11)4-10(5-9)14-2/h3-5H,6H2,1-2H3,(H,12,13). The predicted octanol–water partition coefficient (Wildman–Crippen LogP) is 2.39. The first-order valence-corrected chi connectivity index (χ1v) is 4.70. The normalized spacial score (nSPS) is 9.64. The molecule has 0 spiro atoms. The Morgan fingerprint density at radius 3 is 2.71 bits per heavy atom. The number of rotatable bonds is 3. The highest BCUT2D eigenvalue weighted by atomic mass is 35.5. The average molecular weight is 214 g/mol. The number of carbonyl (C=O) groups is 1. The van der Waals surface area contributed by atoms with Crippen molar-refractivity contribution in [3.8, 4) is 5.75 Å². The maximum Gasteiger partial charge on any atom is 0.221 e. The number of halogens is 1. The van der Waals surface area contributed by atoms with Crippen LogP contribution < -0.4 is 10.1 Å². The van der Waals surface area contributed by atoms with Crippen molar-refractivity contribution in [3.05, 3.63) is 23.8 Å². The maximum absolute atomic E-state index is 10.8. The molecule has 0 aliphatic heterocycles. The van der Waals surface area contributed by atoms with Crippen LogP contribution in [0.25, 0.3) is 0 Å². The number of alkyl halides is 1. The molecule has 4 heteroatoms. The highest BCUT2D eigenvalue weighted by Gasteiger charge is 2.01. The number of carbonyl (C=O) groups excluding carboxylic acids is 1. The van der Waals surface area contributed by atoms with Gasteiger partial charge in [0, 0.05) is 24.6 Å². The molecule has 0 heterocycles. The first-order chi connectivity index (χ1) is 6.65. The number of methoxy groups -OCH3 is 1. The highest BCUT2D eigenvalue weighted by molar-refractivity contribution is 6.17. The van der Waals surface area contributed by atoms with E-state index in [1.807, 2.05) is 12.1 Å². The lowest BCUT2D eigenvalue weighted by Crippen LogP contribution is -2.06. The van der Waals surface area contributed by atoms with Crippen molar-refractivity contribution in [3.63, 3.8) is 0 Å². The minimum absolute atomic E-state index is 0.112. The summed E-state index contributed by atoms with van der Waals surface area (Å²) in [4.78, 5) is 10.8. The lowest BCUT2D eigenvalue weighted by molar-refractivity contribution is -0.114. The summed E-state index contributed by atoms with van der Waals surface area (Å²) >= 11 is 5.70. The van der Waals surface area contributed by atoms with E-state index >= 15 is 0 Å². The molecule has 0 unspecified atom stereocenters. The number of hydrogen-bond donors (Lipinski definition) is 1. The summed E-state index contributed by atoms with van der Waals surface area (Å²) in [5.41, 5.74) is 1.61. The van der Waals surface area contributed by atoms with Crippen molar-refractivity contribution in [2.75, 3.05) is 12.4 Å². The minimum atomic E-state index is -0.112. The van der Waals surface area contributed by atoms with E-state index in [9.17, 15) is 4.79 Å². The Morgan fingerprint density at radius 1 is 1.50 bits per heavy atom. The van der Waals surface area contributed by atoms with Crippen LogP contribution in [0.4, 0.5) is 5.69 Å². The van der Waals surface area contributed by atoms with Gasteiger partial charge in [-0.15, -0.1) is 11.6 Å². The van der Waals surface area contributed by atoms with E-state index in [1.165, 1.54) is 6.92 Å². The monoisotopic (exact) mass is 213 g/mol. The Bertz CT molecular complexity index is 317. The summed E-state index contributed by atoms with van der Waals surface area (Å²) < 4.78 is 5.07. The third kappa shape index (κ3) is 2.92. The van der Waals surface area contributed by atoms with Gasteiger partial charge in [-0.3, -0.25) is 4.79 Å². The SMILES string of the molecule is COc1cc(CCl)cc(NC(C)=O)c1. The second kappa shape index (κ2) is 4.86. The van der Waals surface area contributed by atoms with Crippen LogP contribution in [0.1, 0.15) is 12.5 Å². The van der Waals surface area contributed by atoms with E-state index < -0.39 is 0 Å². The van der Waals surface area contributed by atoms with Gasteiger partial charge in [0.05, 0.1) is 7.11 Å². The maximum atomic E-state index is 10.8. The van der Waals surface area contributed by atoms with Gasteiger partial charge in [-0.05, 0) is 17.7 Å². The molecular weight excluding hydrogens is 202 g/mol. The first-order valence-electron chi connectivity index (χ1n) is 4.17. The van der Waals surface area contributed by atoms with E-state index in [-0.39, 0.29) is 5.91 Å². The zero-order valence-electron chi connectivity index (χ0n) is 8.13. The van der Waals surface area contributed by atoms with Crippen molar-refractivity contribution in [1.82, 2.24) is 0 Å². The molecule has 1 N–H and O–H groups in total. The number of hydrogen-bond acceptors (Lipinski definition) is 2. The van der Waals surface area contributed by atoms with Crippen molar-refractivity contribution in [2.24, 2.45) is 0 Å². The second-order valence-electron chi connectivity index (χ2n) is 2.88. The highest BCUT2D eigenvalue weighted by Crippen LogP contribution is 2.21. The second-order valence-corrected chi connectivity index (χ2v) is 3.15. The van der Waals surface area contributed by atoms with Gasteiger partial charge >= 0.3 is 0 Å². The molecule has 1 rings (SSSR count). The summed E-state index contributed by atoms with van der Waals surface area (Å²) in [6, 6.07) is 5.40. The van der Waals surface area contributed by atoms with Gasteiger partial charge in [-0.1, -0.05) is 0 Å². The topological polar surface area (TPSA) is 38.3 Å². The Labute approximate surface area is 88.0 Å². The largest absolute Gasteiger partial charge is 0.497 e. The average Bonchev–Trinajstić information content (AvgIpc) is 2.16. The Balaban J connectivity index is 2.98. The molecule has 0 bridgehead atoms. The number of ether oxygens (including phenoxy) is 1. The molecule has 1 amide bonds. The van der Waals surface area contributed by atoms with Crippen molar-refractivity contribution in [1.29, 1.82) is 0 Å². The third-order valence-electron chi connectivity index (χ3n) is 1.68. The number of amides is 1. The van der Waals surface area contributed by atoms with Crippen LogP contribution >= 0.6 is 11.6 Å². The summed E-state index contributed by atoms with van der Waals surface area (Å²) in [6.07, 6.45) is 0. The quantitative estimate of drug-likeness (QED) is 0.783. The van der Waals surface area contributed by atoms with Gasteiger partial charge in [-0.2, -0.15) is 0 Å². The summed E-state index contributed by atoms with van der Waals surface area (Å²) in [5, 5.41) is 2.68. The minimum Gasteiger partial charge on any atom is -0.497 e. The van der Waals surface area contributed by atoms with E-state index in [0.717, 1.165) is 5.56 Å². The number of anilines is 1. The molecule has 1 aromatic rings. The van der Waals surface area contributed by atoms with Crippen LogP contribution in [0, 0.1) is 0 Å². The predicted molar refractivity (Wildman–Crippen MR) is 56.9 cm³/mol. The molecule has 1 aromatic carbocycles. The van der Waals surface area contributed by atoms with Crippen LogP contribution in [0.15, 0.2) is 18.2 Å².